The van der Waals surface area contributed by atoms with Crippen molar-refractivity contribution in [3.8, 4) is 5.75 Å². The van der Waals surface area contributed by atoms with Crippen molar-refractivity contribution in [3.05, 3.63) is 71.3 Å². The number of amides is 1. The van der Waals surface area contributed by atoms with Crippen molar-refractivity contribution in [3.63, 3.8) is 0 Å². The Morgan fingerprint density at radius 1 is 1.06 bits per heavy atom. The van der Waals surface area contributed by atoms with Gasteiger partial charge in [0.25, 0.3) is 10.0 Å². The van der Waals surface area contributed by atoms with Crippen molar-refractivity contribution in [2.45, 2.75) is 42.6 Å². The van der Waals surface area contributed by atoms with E-state index < -0.39 is 21.8 Å². The molecule has 1 fully saturated rings. The maximum Gasteiger partial charge on any atom is 0.264 e. The summed E-state index contributed by atoms with van der Waals surface area (Å²) in [6.45, 7) is 0.735. The number of carbonyl (C=O) groups excluding carboxylic acids is 1. The van der Waals surface area contributed by atoms with Crippen molar-refractivity contribution in [2.75, 3.05) is 13.7 Å². The molecule has 0 spiro atoms. The first-order valence-corrected chi connectivity index (χ1v) is 12.3. The van der Waals surface area contributed by atoms with Crippen LogP contribution in [0, 0.1) is 0 Å². The van der Waals surface area contributed by atoms with E-state index in [1.54, 1.807) is 25.3 Å². The number of rotatable bonds is 5. The fourth-order valence-electron chi connectivity index (χ4n) is 5.01. The number of nitrogens with one attached hydrogen (secondary N) is 1. The van der Waals surface area contributed by atoms with E-state index in [-0.39, 0.29) is 11.0 Å². The molecule has 5 rings (SSSR count). The largest absolute Gasteiger partial charge is 0.496 e. The summed E-state index contributed by atoms with van der Waals surface area (Å²) in [5.41, 5.74) is 2.93. The SMILES string of the molecule is COc1ccc(C2CCCO2)c2c1C(C(=O)NS(=O)(=O)c1cccc3ccccc13)CC2. The molecule has 0 radical (unpaired) electrons. The van der Waals surface area contributed by atoms with E-state index >= 15 is 0 Å². The first-order chi connectivity index (χ1) is 15.5. The highest BCUT2D eigenvalue weighted by Crippen LogP contribution is 2.45. The van der Waals surface area contributed by atoms with Gasteiger partial charge < -0.3 is 9.47 Å². The summed E-state index contributed by atoms with van der Waals surface area (Å²) < 4.78 is 40.1. The summed E-state index contributed by atoms with van der Waals surface area (Å²) in [6, 6.07) is 16.2. The smallest absolute Gasteiger partial charge is 0.264 e. The van der Waals surface area contributed by atoms with E-state index in [1.165, 1.54) is 6.07 Å². The lowest BCUT2D eigenvalue weighted by atomic mass is 9.93. The number of hydrogen-bond donors (Lipinski definition) is 1. The van der Waals surface area contributed by atoms with Gasteiger partial charge in [0.2, 0.25) is 5.91 Å². The monoisotopic (exact) mass is 451 g/mol. The van der Waals surface area contributed by atoms with Crippen molar-refractivity contribution >= 4 is 26.7 Å². The molecule has 1 heterocycles. The average molecular weight is 452 g/mol. The molecular weight excluding hydrogens is 426 g/mol. The van der Waals surface area contributed by atoms with Gasteiger partial charge in [-0.15, -0.1) is 0 Å². The number of fused-ring (bicyclic) bond motifs is 2. The molecule has 2 aliphatic rings. The molecule has 0 aromatic heterocycles. The molecule has 2 atom stereocenters. The third-order valence-electron chi connectivity index (χ3n) is 6.47. The normalized spacial score (nSPS) is 20.3. The number of methoxy groups -OCH3 is 1. The van der Waals surface area contributed by atoms with Crippen LogP contribution in [0.4, 0.5) is 0 Å². The zero-order valence-electron chi connectivity index (χ0n) is 17.8. The molecule has 0 saturated carbocycles. The van der Waals surface area contributed by atoms with Crippen LogP contribution in [-0.4, -0.2) is 28.0 Å². The first kappa shape index (κ1) is 21.0. The van der Waals surface area contributed by atoms with Gasteiger partial charge in [0.05, 0.1) is 24.0 Å². The molecule has 1 saturated heterocycles. The molecular formula is C25H25NO5S. The van der Waals surface area contributed by atoms with Crippen LogP contribution in [0.15, 0.2) is 59.5 Å². The van der Waals surface area contributed by atoms with Gasteiger partial charge >= 0.3 is 0 Å². The van der Waals surface area contributed by atoms with Crippen LogP contribution in [0.1, 0.15) is 48.0 Å². The fraction of sp³-hybridized carbons (Fsp3) is 0.320. The molecule has 1 aliphatic carbocycles. The lowest BCUT2D eigenvalue weighted by Gasteiger charge is -2.19. The van der Waals surface area contributed by atoms with Crippen LogP contribution in [0.3, 0.4) is 0 Å². The van der Waals surface area contributed by atoms with Gasteiger partial charge in [-0.1, -0.05) is 42.5 Å². The quantitative estimate of drug-likeness (QED) is 0.628. The van der Waals surface area contributed by atoms with Gasteiger partial charge in [-0.2, -0.15) is 0 Å². The number of hydrogen-bond acceptors (Lipinski definition) is 5. The second kappa shape index (κ2) is 8.22. The van der Waals surface area contributed by atoms with Gasteiger partial charge in [0.1, 0.15) is 5.75 Å². The zero-order chi connectivity index (χ0) is 22.3. The summed E-state index contributed by atoms with van der Waals surface area (Å²) in [5, 5.41) is 1.39. The van der Waals surface area contributed by atoms with E-state index in [0.717, 1.165) is 41.5 Å². The fourth-order valence-corrected chi connectivity index (χ4v) is 6.26. The summed E-state index contributed by atoms with van der Waals surface area (Å²) in [5.74, 6) is -0.507. The van der Waals surface area contributed by atoms with E-state index in [1.807, 2.05) is 30.3 Å². The summed E-state index contributed by atoms with van der Waals surface area (Å²) in [4.78, 5) is 13.4. The molecule has 0 bridgehead atoms. The van der Waals surface area contributed by atoms with Crippen LogP contribution in [0.25, 0.3) is 10.8 Å². The maximum atomic E-state index is 13.3. The molecule has 3 aromatic carbocycles. The third kappa shape index (κ3) is 3.55. The van der Waals surface area contributed by atoms with Gasteiger partial charge in [0.15, 0.2) is 0 Å². The highest BCUT2D eigenvalue weighted by atomic mass is 32.2. The Bertz CT molecular complexity index is 1290. The second-order valence-corrected chi connectivity index (χ2v) is 9.94. The predicted octanol–water partition coefficient (Wildman–Crippen LogP) is 4.23. The Hall–Kier alpha value is -2.90. The zero-order valence-corrected chi connectivity index (χ0v) is 18.7. The summed E-state index contributed by atoms with van der Waals surface area (Å²) >= 11 is 0. The number of sulfonamides is 1. The van der Waals surface area contributed by atoms with Crippen LogP contribution < -0.4 is 9.46 Å². The molecule has 3 aromatic rings. The Morgan fingerprint density at radius 3 is 2.66 bits per heavy atom. The minimum Gasteiger partial charge on any atom is -0.496 e. The number of benzene rings is 3. The topological polar surface area (TPSA) is 81.7 Å². The second-order valence-electron chi connectivity index (χ2n) is 8.29. The molecule has 32 heavy (non-hydrogen) atoms. The van der Waals surface area contributed by atoms with E-state index in [2.05, 4.69) is 4.72 Å². The first-order valence-electron chi connectivity index (χ1n) is 10.9. The van der Waals surface area contributed by atoms with E-state index in [9.17, 15) is 13.2 Å². The highest BCUT2D eigenvalue weighted by molar-refractivity contribution is 7.90. The molecule has 1 N–H and O–H groups in total. The van der Waals surface area contributed by atoms with Crippen molar-refractivity contribution in [1.82, 2.24) is 4.72 Å². The summed E-state index contributed by atoms with van der Waals surface area (Å²) in [6.07, 6.45) is 3.21. The Kier molecular flexibility index (Phi) is 5.39. The molecule has 1 amide bonds. The number of carbonyl (C=O) groups is 1. The molecule has 1 aliphatic heterocycles. The minimum atomic E-state index is -4.04. The van der Waals surface area contributed by atoms with E-state index in [0.29, 0.717) is 24.0 Å². The predicted molar refractivity (Wildman–Crippen MR) is 121 cm³/mol. The molecule has 6 nitrogen and oxygen atoms in total. The maximum absolute atomic E-state index is 13.3. The third-order valence-corrected chi connectivity index (χ3v) is 7.88. The van der Waals surface area contributed by atoms with Crippen molar-refractivity contribution in [1.29, 1.82) is 0 Å². The Balaban J connectivity index is 1.48. The van der Waals surface area contributed by atoms with Crippen molar-refractivity contribution < 1.29 is 22.7 Å². The van der Waals surface area contributed by atoms with Crippen LogP contribution >= 0.6 is 0 Å². The Morgan fingerprint density at radius 2 is 1.88 bits per heavy atom. The lowest BCUT2D eigenvalue weighted by Crippen LogP contribution is -2.34. The van der Waals surface area contributed by atoms with Crippen molar-refractivity contribution in [2.24, 2.45) is 0 Å². The van der Waals surface area contributed by atoms with Crippen LogP contribution in [0.2, 0.25) is 0 Å². The van der Waals surface area contributed by atoms with Gasteiger partial charge in [-0.25, -0.2) is 13.1 Å². The number of ether oxygens (including phenoxy) is 2. The molecule has 7 heteroatoms. The van der Waals surface area contributed by atoms with Crippen LogP contribution in [-0.2, 0) is 26.0 Å². The van der Waals surface area contributed by atoms with Gasteiger partial charge in [-0.3, -0.25) is 4.79 Å². The van der Waals surface area contributed by atoms with E-state index in [4.69, 9.17) is 9.47 Å². The minimum absolute atomic E-state index is 0.0240. The Labute approximate surface area is 187 Å². The van der Waals surface area contributed by atoms with Crippen LogP contribution in [0.5, 0.6) is 5.75 Å². The summed E-state index contributed by atoms with van der Waals surface area (Å²) in [7, 11) is -2.47. The average Bonchev–Trinajstić information content (AvgIpc) is 3.48. The van der Waals surface area contributed by atoms with Gasteiger partial charge in [0, 0.05) is 17.6 Å². The molecule has 2 unspecified atom stereocenters. The lowest BCUT2D eigenvalue weighted by molar-refractivity contribution is -0.120. The standard InChI is InChI=1S/C25H25NO5S/c1-30-22-14-13-18(21-9-5-15-31-21)19-11-12-20(24(19)22)25(27)26-32(28,29)23-10-4-7-16-6-2-3-8-17(16)23/h2-4,6-8,10,13-14,20-21H,5,9,11-12,15H2,1H3,(H,26,27). The highest BCUT2D eigenvalue weighted by Gasteiger charge is 2.37. The van der Waals surface area contributed by atoms with Gasteiger partial charge in [-0.05, 0) is 54.3 Å². The molecule has 166 valence electrons.